The summed E-state index contributed by atoms with van der Waals surface area (Å²) in [6.07, 6.45) is 20.1. The normalized spacial score (nSPS) is 16.0. The van der Waals surface area contributed by atoms with Crippen LogP contribution in [0, 0.1) is 0 Å². The standard InChI is InChI=1S/C94H168N22O26/c1-65(119)113-81-67(115-89(95)96)61-71(87(131)132)139-85(81)83(69(121)63-117)141-93(137)111-59-29-7-3-25-47-99-73(123)39-17-9-31-49-101-75(125)41-19-11-33-51-103-77(127)43-21-13-35-53-105-79(129)45-23-15-37-57-109-91(135)107-55-27-5-6-28-56-108-92(136)110-58-38-16-24-46-80(130)106-54-36-14-22-44-78(128)104-52-34-12-20-42-76(126)102-50-32-10-18-40-74(124)100-48-26-4-8-30-60-112-94(138)142-84(70(122)64-118)86-82(114-66(2)120)68(116-90(97)98)62-72(140-86)88(133)134/h61-62,67-70,81-86,117-118,121-122H,3-60,63-64H2,1-2H3,(H,99,123)(H,100,124)(H,101,125)(H,102,126)(H,103,127)(H,104,128)(H,105,129)(H,106,130)(H,111,137)(H,112,138)(H,113,119)(H,114,120)(H,131,132)(H,133,134)(H4,95,96,115)(H4,97,98,116)(H2,107,109,135)(H2,108,110,136)/t67-,68-,69+,70+,81+,82+,83+,84+,85+,86+/m0/s1. The van der Waals surface area contributed by atoms with Crippen LogP contribution in [0.5, 0.6) is 0 Å². The molecule has 10 atom stereocenters. The monoisotopic (exact) mass is 2020 g/mol. The van der Waals surface area contributed by atoms with E-state index in [0.717, 1.165) is 153 Å². The zero-order chi connectivity index (χ0) is 105. The zero-order valence-corrected chi connectivity index (χ0v) is 83.4. The van der Waals surface area contributed by atoms with E-state index in [2.05, 4.69) is 95.1 Å². The highest BCUT2D eigenvalue weighted by atomic mass is 16.6. The molecule has 0 bridgehead atoms. The minimum Gasteiger partial charge on any atom is -0.477 e. The number of ether oxygens (including phenoxy) is 4. The fourth-order valence-electron chi connectivity index (χ4n) is 15.2. The second kappa shape index (κ2) is 80.7. The number of unbranched alkanes of at least 4 members (excludes halogenated alkanes) is 25. The molecule has 0 aromatic rings. The van der Waals surface area contributed by atoms with Gasteiger partial charge in [0.2, 0.25) is 70.6 Å². The van der Waals surface area contributed by atoms with Gasteiger partial charge in [0, 0.05) is 157 Å². The third-order valence-corrected chi connectivity index (χ3v) is 22.9. The number of aliphatic hydroxyl groups is 4. The molecule has 0 saturated carbocycles. The molecule has 2 aliphatic rings. The maximum atomic E-state index is 12.8. The first-order valence-corrected chi connectivity index (χ1v) is 50.8. The molecule has 0 aliphatic carbocycles. The van der Waals surface area contributed by atoms with E-state index in [-0.39, 0.29) is 72.4 Å². The van der Waals surface area contributed by atoms with Crippen molar-refractivity contribution in [3.63, 3.8) is 0 Å². The van der Waals surface area contributed by atoms with Gasteiger partial charge in [-0.25, -0.2) is 38.8 Å². The van der Waals surface area contributed by atoms with Gasteiger partial charge < -0.3 is 158 Å². The summed E-state index contributed by atoms with van der Waals surface area (Å²) >= 11 is 0. The maximum Gasteiger partial charge on any atom is 0.407 e. The van der Waals surface area contributed by atoms with Crippen molar-refractivity contribution in [2.75, 3.05) is 105 Å². The molecule has 48 heteroatoms. The van der Waals surface area contributed by atoms with Crippen LogP contribution in [-0.4, -0.2) is 303 Å². The van der Waals surface area contributed by atoms with Crippen LogP contribution in [0.25, 0.3) is 0 Å². The van der Waals surface area contributed by atoms with Gasteiger partial charge in [-0.2, -0.15) is 0 Å². The second-order valence-electron chi connectivity index (χ2n) is 35.4. The molecule has 810 valence electrons. The minimum absolute atomic E-state index is 0.0200. The van der Waals surface area contributed by atoms with Gasteiger partial charge in [-0.05, 0) is 153 Å². The lowest BCUT2D eigenvalue weighted by molar-refractivity contribution is -0.147. The average molecular weight is 2020 g/mol. The van der Waals surface area contributed by atoms with E-state index < -0.39 is 133 Å². The molecule has 16 amide bonds. The van der Waals surface area contributed by atoms with E-state index in [0.29, 0.717) is 220 Å². The third kappa shape index (κ3) is 66.0. The van der Waals surface area contributed by atoms with Crippen LogP contribution in [0.3, 0.4) is 0 Å². The predicted molar refractivity (Wildman–Crippen MR) is 528 cm³/mol. The quantitative estimate of drug-likeness (QED) is 0.0234. The summed E-state index contributed by atoms with van der Waals surface area (Å²) in [5, 5.41) is 105. The summed E-state index contributed by atoms with van der Waals surface area (Å²) in [6.45, 7) is 7.11. The van der Waals surface area contributed by atoms with E-state index in [1.807, 2.05) is 0 Å². The first-order valence-electron chi connectivity index (χ1n) is 50.8. The number of rotatable bonds is 83. The van der Waals surface area contributed by atoms with E-state index in [9.17, 15) is 107 Å². The Labute approximate surface area is 833 Å². The van der Waals surface area contributed by atoms with Crippen LogP contribution in [0.1, 0.15) is 296 Å². The molecule has 0 fully saturated rings. The summed E-state index contributed by atoms with van der Waals surface area (Å²) < 4.78 is 21.8. The van der Waals surface area contributed by atoms with Crippen LogP contribution in [0.15, 0.2) is 33.7 Å². The number of carbonyl (C=O) groups excluding carboxylic acids is 14. The number of hydrogen-bond acceptors (Lipinski definition) is 26. The Bertz CT molecular complexity index is 3600. The van der Waals surface area contributed by atoms with Gasteiger partial charge in [-0.3, -0.25) is 47.9 Å². The molecule has 0 saturated heterocycles. The molecular formula is C94H168N22O26. The second-order valence-corrected chi connectivity index (χ2v) is 35.4. The molecule has 0 aromatic carbocycles. The molecule has 0 spiro atoms. The summed E-state index contributed by atoms with van der Waals surface area (Å²) in [7, 11) is 0. The molecule has 2 aliphatic heterocycles. The van der Waals surface area contributed by atoms with Crippen LogP contribution in [0.2, 0.25) is 0 Å². The van der Waals surface area contributed by atoms with Crippen molar-refractivity contribution in [2.24, 2.45) is 32.9 Å². The highest BCUT2D eigenvalue weighted by molar-refractivity contribution is 5.87. The van der Waals surface area contributed by atoms with Crippen LogP contribution in [0.4, 0.5) is 19.2 Å². The summed E-state index contributed by atoms with van der Waals surface area (Å²) in [5.41, 5.74) is 22.1. The van der Waals surface area contributed by atoms with Crippen molar-refractivity contribution in [1.29, 1.82) is 0 Å². The largest absolute Gasteiger partial charge is 0.477 e. The maximum absolute atomic E-state index is 12.8. The van der Waals surface area contributed by atoms with Gasteiger partial charge in [0.25, 0.3) is 0 Å². The fourth-order valence-corrected chi connectivity index (χ4v) is 15.2. The lowest BCUT2D eigenvalue weighted by Gasteiger charge is -2.39. The number of carbonyl (C=O) groups is 16. The number of nitrogens with one attached hydrogen (secondary N) is 16. The van der Waals surface area contributed by atoms with Gasteiger partial charge in [-0.15, -0.1) is 0 Å². The molecule has 0 radical (unpaired) electrons. The highest BCUT2D eigenvalue weighted by Gasteiger charge is 2.48. The lowest BCUT2D eigenvalue weighted by Crippen LogP contribution is -2.61. The number of aliphatic imine (C=N–C) groups is 2. The van der Waals surface area contributed by atoms with Crippen molar-refractivity contribution < 1.29 is 126 Å². The Hall–Kier alpha value is -11.8. The number of urea groups is 2. The number of carboxylic acids is 2. The lowest BCUT2D eigenvalue weighted by atomic mass is 9.92. The van der Waals surface area contributed by atoms with E-state index in [1.54, 1.807) is 0 Å². The van der Waals surface area contributed by atoms with E-state index >= 15 is 0 Å². The smallest absolute Gasteiger partial charge is 0.407 e. The first-order chi connectivity index (χ1) is 68.2. The number of nitrogens with two attached hydrogens (primary N) is 4. The first kappa shape index (κ1) is 126. The zero-order valence-electron chi connectivity index (χ0n) is 83.4. The fraction of sp³-hybridized carbons (Fsp3) is 0.766. The van der Waals surface area contributed by atoms with Crippen LogP contribution >= 0.6 is 0 Å². The molecule has 48 nitrogen and oxygen atoms in total. The summed E-state index contributed by atoms with van der Waals surface area (Å²) in [4.78, 5) is 205. The molecule has 2 heterocycles. The number of alkyl carbamates (subject to hydrolysis) is 2. The number of carboxylic acid groups (broad SMARTS) is 2. The van der Waals surface area contributed by atoms with Crippen molar-refractivity contribution in [3.05, 3.63) is 23.7 Å². The van der Waals surface area contributed by atoms with Gasteiger partial charge in [0.05, 0.1) is 37.4 Å². The molecule has 0 aromatic heterocycles. The summed E-state index contributed by atoms with van der Waals surface area (Å²) in [5.74, 6) is -6.65. The topological polar surface area (TPSA) is 753 Å². The average Bonchev–Trinajstić information content (AvgIpc) is 0.792. The number of hydrogen-bond donors (Lipinski definition) is 26. The number of aliphatic hydroxyl groups excluding tert-OH is 4. The Kier molecular flexibility index (Phi) is 71.7. The van der Waals surface area contributed by atoms with Gasteiger partial charge in [0.15, 0.2) is 36.3 Å². The number of nitrogens with zero attached hydrogens (tertiary/aromatic N) is 2. The predicted octanol–water partition coefficient (Wildman–Crippen LogP) is 1.60. The minimum atomic E-state index is -1.75. The van der Waals surface area contributed by atoms with Crippen molar-refractivity contribution in [2.45, 2.75) is 357 Å². The number of amides is 16. The van der Waals surface area contributed by atoms with Crippen LogP contribution in [-0.2, 0) is 76.5 Å². The molecule has 142 heavy (non-hydrogen) atoms. The van der Waals surface area contributed by atoms with Gasteiger partial charge >= 0.3 is 36.2 Å². The van der Waals surface area contributed by atoms with Gasteiger partial charge in [0.1, 0.15) is 12.2 Å². The number of guanidine groups is 2. The Morgan fingerprint density at radius 3 is 0.655 bits per heavy atom. The molecular weight excluding hydrogens is 1850 g/mol. The number of aliphatic carboxylic acids is 2. The molecule has 2 rings (SSSR count). The Morgan fingerprint density at radius 1 is 0.296 bits per heavy atom. The molecule has 0 unspecified atom stereocenters. The van der Waals surface area contributed by atoms with E-state index in [4.69, 9.17) is 41.9 Å². The summed E-state index contributed by atoms with van der Waals surface area (Å²) in [6, 6.07) is -5.26. The SMILES string of the molecule is CC(=O)N[C@H]1[C@H]([C@H](OC(=O)NCCCCCCNC(=O)CCCCCNC(=O)CCCCCNC(=O)CCCCCNC(=O)CCCCCNC(=O)NCCCCCCNC(=O)NCCCCCC(=O)NCCCCCC(=O)NCCCCCC(=O)NCCCCCC(=O)NCCCCCCNC(=O)O[C@@H]([C@@H]2OC(C(=O)O)=C[C@H](N=C(N)N)[C@H]2NC(C)=O)[C@H](O)CO)[C@H](O)CO)OC(C(=O)O)=C[C@@H]1N=C(N)N. The van der Waals surface area contributed by atoms with Crippen molar-refractivity contribution in [1.82, 2.24) is 85.1 Å². The van der Waals surface area contributed by atoms with Crippen LogP contribution < -0.4 is 108 Å². The Morgan fingerprint density at radius 2 is 0.479 bits per heavy atom. The van der Waals surface area contributed by atoms with E-state index in [1.165, 1.54) is 13.8 Å². The van der Waals surface area contributed by atoms with Crippen molar-refractivity contribution >= 4 is 107 Å². The van der Waals surface area contributed by atoms with Gasteiger partial charge in [-0.1, -0.05) is 89.9 Å². The highest BCUT2D eigenvalue weighted by Crippen LogP contribution is 2.29. The van der Waals surface area contributed by atoms with Crippen molar-refractivity contribution in [3.8, 4) is 0 Å². The third-order valence-electron chi connectivity index (χ3n) is 22.9. The molecule has 30 N–H and O–H groups in total. The Balaban J connectivity index is 1.29.